The van der Waals surface area contributed by atoms with Crippen molar-refractivity contribution >= 4 is 23.4 Å². The van der Waals surface area contributed by atoms with Crippen molar-refractivity contribution in [2.45, 2.75) is 71.2 Å². The number of anilines is 1. The summed E-state index contributed by atoms with van der Waals surface area (Å²) >= 11 is 1.53. The van der Waals surface area contributed by atoms with Crippen molar-refractivity contribution in [3.05, 3.63) is 62.1 Å². The van der Waals surface area contributed by atoms with E-state index in [4.69, 9.17) is 4.98 Å². The topological polar surface area (TPSA) is 74.8 Å². The molecule has 4 rings (SSSR count). The molecule has 0 saturated heterocycles. The summed E-state index contributed by atoms with van der Waals surface area (Å²) in [5.41, 5.74) is 5.78. The van der Waals surface area contributed by atoms with Gasteiger partial charge in [-0.15, -0.1) is 0 Å². The second-order valence-electron chi connectivity index (χ2n) is 10.0. The average molecular weight is 438 g/mol. The Morgan fingerprint density at radius 3 is 2.61 bits per heavy atom. The van der Waals surface area contributed by atoms with Crippen molar-refractivity contribution in [1.29, 1.82) is 0 Å². The van der Waals surface area contributed by atoms with E-state index in [1.165, 1.54) is 28.5 Å². The molecule has 0 amide bonds. The zero-order valence-corrected chi connectivity index (χ0v) is 20.0. The highest BCUT2D eigenvalue weighted by atomic mass is 32.2. The second kappa shape index (κ2) is 7.97. The molecule has 164 valence electrons. The van der Waals surface area contributed by atoms with E-state index in [1.807, 2.05) is 0 Å². The summed E-state index contributed by atoms with van der Waals surface area (Å²) in [4.78, 5) is 33.9. The van der Waals surface area contributed by atoms with Gasteiger partial charge >= 0.3 is 0 Å². The van der Waals surface area contributed by atoms with E-state index < -0.39 is 0 Å². The Labute approximate surface area is 188 Å². The van der Waals surface area contributed by atoms with Crippen LogP contribution in [0.2, 0.25) is 0 Å². The third-order valence-electron chi connectivity index (χ3n) is 6.27. The molecule has 2 heterocycles. The maximum absolute atomic E-state index is 13.1. The van der Waals surface area contributed by atoms with Gasteiger partial charge in [-0.3, -0.25) is 9.59 Å². The largest absolute Gasteiger partial charge is 0.343 e. The van der Waals surface area contributed by atoms with E-state index in [2.05, 4.69) is 70.0 Å². The molecule has 2 aromatic rings. The zero-order chi connectivity index (χ0) is 22.5. The molecule has 31 heavy (non-hydrogen) atoms. The third-order valence-corrected chi connectivity index (χ3v) is 7.20. The number of carbonyl (C=O) groups excluding carboxylic acids is 1. The molecule has 1 aliphatic heterocycles. The summed E-state index contributed by atoms with van der Waals surface area (Å²) in [6, 6.07) is 6.41. The molecular formula is C25H31N3O2S. The summed E-state index contributed by atoms with van der Waals surface area (Å²) < 4.78 is 0. The number of rotatable bonds is 4. The fraction of sp³-hybridized carbons (Fsp3) is 0.480. The number of hydrogen-bond acceptors (Lipinski definition) is 5. The van der Waals surface area contributed by atoms with E-state index in [9.17, 15) is 9.59 Å². The van der Waals surface area contributed by atoms with Crippen LogP contribution in [0.5, 0.6) is 0 Å². The van der Waals surface area contributed by atoms with Crippen molar-refractivity contribution in [3.8, 4) is 0 Å². The first-order chi connectivity index (χ1) is 14.6. The number of benzene rings is 1. The number of Topliss-reactive ketones (excluding diaryl/α,β-unsaturated/α-hetero) is 1. The van der Waals surface area contributed by atoms with Crippen LogP contribution in [0.1, 0.15) is 68.7 Å². The molecule has 2 aliphatic rings. The molecule has 6 heteroatoms. The Hall–Kier alpha value is -2.34. The molecule has 1 aromatic heterocycles. The summed E-state index contributed by atoms with van der Waals surface area (Å²) in [5.74, 6) is 1.41. The molecule has 1 aromatic carbocycles. The van der Waals surface area contributed by atoms with Crippen LogP contribution < -0.4 is 10.9 Å². The van der Waals surface area contributed by atoms with E-state index in [-0.39, 0.29) is 28.6 Å². The van der Waals surface area contributed by atoms with Crippen molar-refractivity contribution in [3.63, 3.8) is 0 Å². The molecule has 0 unspecified atom stereocenters. The molecular weight excluding hydrogens is 406 g/mol. The van der Waals surface area contributed by atoms with Gasteiger partial charge in [0.15, 0.2) is 10.9 Å². The number of nitrogens with zero attached hydrogens (tertiary/aromatic N) is 1. The minimum atomic E-state index is -0.218. The maximum atomic E-state index is 13.1. The molecule has 1 aliphatic carbocycles. The SMILES string of the molecule is Cc1ccc(CSc2nc3c(c(=O)[nH]2)[C@H](C(C)C)C2=C(CC(C)(C)CC2=O)N3)c(C)c1. The Bertz CT molecular complexity index is 1140. The number of H-pyrrole nitrogens is 1. The Balaban J connectivity index is 1.69. The van der Waals surface area contributed by atoms with Gasteiger partial charge < -0.3 is 10.3 Å². The van der Waals surface area contributed by atoms with Crippen molar-refractivity contribution in [1.82, 2.24) is 9.97 Å². The summed E-state index contributed by atoms with van der Waals surface area (Å²) in [6.07, 6.45) is 1.30. The first-order valence-electron chi connectivity index (χ1n) is 10.9. The molecule has 0 fully saturated rings. The van der Waals surface area contributed by atoms with Crippen molar-refractivity contribution in [2.75, 3.05) is 5.32 Å². The lowest BCUT2D eigenvalue weighted by Gasteiger charge is -2.39. The van der Waals surface area contributed by atoms with Crippen LogP contribution in [0.4, 0.5) is 5.82 Å². The Morgan fingerprint density at radius 2 is 1.94 bits per heavy atom. The van der Waals surface area contributed by atoms with Gasteiger partial charge in [-0.25, -0.2) is 4.98 Å². The number of thioether (sulfide) groups is 1. The highest BCUT2D eigenvalue weighted by Crippen LogP contribution is 2.47. The minimum absolute atomic E-state index is 0.0936. The van der Waals surface area contributed by atoms with E-state index in [1.54, 1.807) is 0 Å². The Kier molecular flexibility index (Phi) is 5.63. The van der Waals surface area contributed by atoms with Gasteiger partial charge in [0.05, 0.1) is 5.56 Å². The lowest BCUT2D eigenvalue weighted by Crippen LogP contribution is -2.38. The number of aryl methyl sites for hydroxylation is 2. The van der Waals surface area contributed by atoms with E-state index >= 15 is 0 Å². The predicted octanol–water partition coefficient (Wildman–Crippen LogP) is 5.49. The number of aromatic amines is 1. The van der Waals surface area contributed by atoms with Crippen LogP contribution in [-0.2, 0) is 10.5 Å². The molecule has 0 radical (unpaired) electrons. The first kappa shape index (κ1) is 21.9. The van der Waals surface area contributed by atoms with Crippen LogP contribution in [0.15, 0.2) is 39.4 Å². The summed E-state index contributed by atoms with van der Waals surface area (Å²) in [6.45, 7) is 12.6. The lowest BCUT2D eigenvalue weighted by atomic mass is 9.68. The summed E-state index contributed by atoms with van der Waals surface area (Å²) in [7, 11) is 0. The predicted molar refractivity (Wildman–Crippen MR) is 127 cm³/mol. The zero-order valence-electron chi connectivity index (χ0n) is 19.2. The van der Waals surface area contributed by atoms with E-state index in [0.29, 0.717) is 23.0 Å². The quantitative estimate of drug-likeness (QED) is 0.489. The number of nitrogens with one attached hydrogen (secondary N) is 2. The van der Waals surface area contributed by atoms with Gasteiger partial charge in [0, 0.05) is 29.4 Å². The van der Waals surface area contributed by atoms with Crippen LogP contribution in [0.3, 0.4) is 0 Å². The van der Waals surface area contributed by atoms with Crippen LogP contribution >= 0.6 is 11.8 Å². The maximum Gasteiger partial charge on any atom is 0.257 e. The monoisotopic (exact) mass is 437 g/mol. The summed E-state index contributed by atoms with van der Waals surface area (Å²) in [5, 5.41) is 3.98. The number of allylic oxidation sites excluding steroid dienone is 2. The number of hydrogen-bond donors (Lipinski definition) is 2. The van der Waals surface area contributed by atoms with Crippen LogP contribution in [0.25, 0.3) is 0 Å². The number of aromatic nitrogens is 2. The number of fused-ring (bicyclic) bond motifs is 1. The molecule has 2 N–H and O–H groups in total. The number of ketones is 1. The normalized spacial score (nSPS) is 19.8. The third kappa shape index (κ3) is 4.22. The van der Waals surface area contributed by atoms with Crippen LogP contribution in [0, 0.1) is 25.2 Å². The molecule has 0 saturated carbocycles. The van der Waals surface area contributed by atoms with E-state index in [0.717, 1.165) is 23.4 Å². The van der Waals surface area contributed by atoms with Gasteiger partial charge in [-0.1, -0.05) is 63.2 Å². The van der Waals surface area contributed by atoms with Crippen molar-refractivity contribution < 1.29 is 4.79 Å². The molecule has 5 nitrogen and oxygen atoms in total. The highest BCUT2D eigenvalue weighted by molar-refractivity contribution is 7.98. The highest BCUT2D eigenvalue weighted by Gasteiger charge is 2.42. The molecule has 1 atom stereocenters. The van der Waals surface area contributed by atoms with Gasteiger partial charge in [0.2, 0.25) is 0 Å². The van der Waals surface area contributed by atoms with Gasteiger partial charge in [-0.05, 0) is 42.7 Å². The van der Waals surface area contributed by atoms with Gasteiger partial charge in [-0.2, -0.15) is 0 Å². The second-order valence-corrected chi connectivity index (χ2v) is 11.0. The standard InChI is InChI=1S/C25H31N3O2S/c1-13(2)19-20-17(10-25(5,6)11-18(20)29)26-22-21(19)23(30)28-24(27-22)31-12-16-8-7-14(3)9-15(16)4/h7-9,13,19H,10-12H2,1-6H3,(H2,26,27,28,30)/t19-/m1/s1. The van der Waals surface area contributed by atoms with Gasteiger partial charge in [0.25, 0.3) is 5.56 Å². The lowest BCUT2D eigenvalue weighted by molar-refractivity contribution is -0.118. The fourth-order valence-electron chi connectivity index (χ4n) is 4.83. The van der Waals surface area contributed by atoms with Gasteiger partial charge in [0.1, 0.15) is 5.82 Å². The minimum Gasteiger partial charge on any atom is -0.343 e. The number of carbonyl (C=O) groups is 1. The molecule has 0 spiro atoms. The first-order valence-corrected chi connectivity index (χ1v) is 11.9. The average Bonchev–Trinajstić information content (AvgIpc) is 2.64. The fourth-order valence-corrected chi connectivity index (χ4v) is 5.77. The van der Waals surface area contributed by atoms with Crippen molar-refractivity contribution in [2.24, 2.45) is 11.3 Å². The smallest absolute Gasteiger partial charge is 0.257 e. The molecule has 0 bridgehead atoms. The Morgan fingerprint density at radius 1 is 1.19 bits per heavy atom. The van der Waals surface area contributed by atoms with Crippen LogP contribution in [-0.4, -0.2) is 15.8 Å².